The molecule has 2 aliphatic heterocycles. The van der Waals surface area contributed by atoms with Gasteiger partial charge in [-0.25, -0.2) is 8.42 Å². The van der Waals surface area contributed by atoms with E-state index in [4.69, 9.17) is 16.3 Å². The third-order valence-corrected chi connectivity index (χ3v) is 10.1. The van der Waals surface area contributed by atoms with Gasteiger partial charge < -0.3 is 19.9 Å². The van der Waals surface area contributed by atoms with Crippen molar-refractivity contribution in [3.05, 3.63) is 53.2 Å². The van der Waals surface area contributed by atoms with Crippen LogP contribution in [0.3, 0.4) is 0 Å². The molecule has 3 heterocycles. The van der Waals surface area contributed by atoms with Gasteiger partial charge in [-0.3, -0.25) is 4.90 Å². The van der Waals surface area contributed by atoms with Gasteiger partial charge in [-0.15, -0.1) is 0 Å². The number of ether oxygens (including phenoxy) is 1. The van der Waals surface area contributed by atoms with Gasteiger partial charge in [0.25, 0.3) is 0 Å². The Balaban J connectivity index is 1.15. The topological polar surface area (TPSA) is 75.6 Å². The summed E-state index contributed by atoms with van der Waals surface area (Å²) in [6.07, 6.45) is 0.900. The number of nitrogens with one attached hydrogen (secondary N) is 2. The fraction of sp³-hybridized carbons (Fsp3) is 0.484. The maximum Gasteiger partial charge on any atom is 0.406 e. The number of nitrogens with zero attached hydrogens (tertiary/aromatic N) is 2. The lowest BCUT2D eigenvalue weighted by molar-refractivity contribution is -0.200. The van der Waals surface area contributed by atoms with Crippen LogP contribution in [0.5, 0.6) is 0 Å². The molecule has 2 aromatic carbocycles. The van der Waals surface area contributed by atoms with Crippen LogP contribution in [0.4, 0.5) is 24.5 Å². The number of hydrogen-bond acceptors (Lipinski definition) is 6. The Kier molecular flexibility index (Phi) is 8.09. The molecule has 1 aromatic heterocycles. The number of likely N-dealkylation sites (tertiary alicyclic amines) is 1. The average molecular weight is 635 g/mol. The van der Waals surface area contributed by atoms with Crippen molar-refractivity contribution in [1.29, 1.82) is 0 Å². The summed E-state index contributed by atoms with van der Waals surface area (Å²) in [5.74, 6) is 5.79. The van der Waals surface area contributed by atoms with E-state index in [1.807, 2.05) is 6.07 Å². The summed E-state index contributed by atoms with van der Waals surface area (Å²) >= 11 is 6.22. The number of alkyl halides is 3. The normalized spacial score (nSPS) is 22.0. The quantitative estimate of drug-likeness (QED) is 0.321. The summed E-state index contributed by atoms with van der Waals surface area (Å²) in [5, 5.41) is 7.55. The molecule has 2 N–H and O–H groups in total. The number of rotatable bonds is 7. The van der Waals surface area contributed by atoms with Gasteiger partial charge in [0.15, 0.2) is 9.84 Å². The van der Waals surface area contributed by atoms with Crippen LogP contribution in [0, 0.1) is 17.3 Å². The van der Waals surface area contributed by atoms with Crippen molar-refractivity contribution >= 4 is 43.7 Å². The van der Waals surface area contributed by atoms with E-state index in [0.29, 0.717) is 28.0 Å². The fourth-order valence-corrected chi connectivity index (χ4v) is 7.42. The van der Waals surface area contributed by atoms with Gasteiger partial charge in [-0.1, -0.05) is 23.6 Å². The number of benzene rings is 2. The molecule has 12 heteroatoms. The molecular formula is C31H34ClF3N4O3S. The lowest BCUT2D eigenvalue weighted by Gasteiger charge is -2.58. The highest BCUT2D eigenvalue weighted by molar-refractivity contribution is 7.90. The Bertz CT molecular complexity index is 1680. The molecule has 0 atom stereocenters. The second kappa shape index (κ2) is 11.5. The molecule has 7 nitrogen and oxygen atoms in total. The first-order valence-electron chi connectivity index (χ1n) is 14.4. The first kappa shape index (κ1) is 30.1. The molecular weight excluding hydrogens is 601 g/mol. The molecule has 0 radical (unpaired) electrons. The molecule has 3 aromatic rings. The highest BCUT2D eigenvalue weighted by Crippen LogP contribution is 2.41. The highest BCUT2D eigenvalue weighted by Gasteiger charge is 2.50. The maximum atomic E-state index is 13.6. The SMILES string of the molecule is CS(=O)(=O)c1ccc(NCC#Cc2cc3c(N[C@H]4CC[C@H](N5CC6(COC6)C5)CC4)cccc3n2CC(F)(F)F)c(Cl)c1. The molecule has 0 amide bonds. The molecule has 43 heavy (non-hydrogen) atoms. The van der Waals surface area contributed by atoms with Crippen LogP contribution in [-0.4, -0.2) is 75.2 Å². The maximum absolute atomic E-state index is 13.6. The van der Waals surface area contributed by atoms with Crippen molar-refractivity contribution in [3.8, 4) is 11.8 Å². The van der Waals surface area contributed by atoms with Crippen molar-refractivity contribution in [2.75, 3.05) is 49.7 Å². The zero-order valence-corrected chi connectivity index (χ0v) is 25.4. The second-order valence-corrected chi connectivity index (χ2v) is 14.5. The minimum Gasteiger partial charge on any atom is -0.382 e. The Hall–Kier alpha value is -2.91. The van der Waals surface area contributed by atoms with Crippen molar-refractivity contribution in [1.82, 2.24) is 9.47 Å². The van der Waals surface area contributed by atoms with Crippen molar-refractivity contribution in [3.63, 3.8) is 0 Å². The third kappa shape index (κ3) is 6.63. The summed E-state index contributed by atoms with van der Waals surface area (Å²) in [5.41, 5.74) is 2.43. The predicted molar refractivity (Wildman–Crippen MR) is 162 cm³/mol. The number of hydrogen-bond donors (Lipinski definition) is 2. The summed E-state index contributed by atoms with van der Waals surface area (Å²) in [7, 11) is -3.40. The van der Waals surface area contributed by atoms with Crippen LogP contribution in [-0.2, 0) is 21.1 Å². The molecule has 1 saturated carbocycles. The third-order valence-electron chi connectivity index (χ3n) is 8.70. The molecule has 3 fully saturated rings. The number of anilines is 2. The predicted octanol–water partition coefficient (Wildman–Crippen LogP) is 5.78. The van der Waals surface area contributed by atoms with Gasteiger partial charge in [-0.2, -0.15) is 13.2 Å². The van der Waals surface area contributed by atoms with Crippen LogP contribution >= 0.6 is 11.6 Å². The fourth-order valence-electron chi connectivity index (χ4n) is 6.46. The van der Waals surface area contributed by atoms with Gasteiger partial charge in [0.1, 0.15) is 6.54 Å². The minimum atomic E-state index is -4.42. The average Bonchev–Trinajstić information content (AvgIpc) is 3.23. The number of fused-ring (bicyclic) bond motifs is 1. The van der Waals surface area contributed by atoms with Gasteiger partial charge in [-0.05, 0) is 68.0 Å². The van der Waals surface area contributed by atoms with E-state index in [2.05, 4.69) is 27.4 Å². The Morgan fingerprint density at radius 3 is 2.44 bits per heavy atom. The van der Waals surface area contributed by atoms with Crippen LogP contribution in [0.2, 0.25) is 5.02 Å². The molecule has 230 valence electrons. The van der Waals surface area contributed by atoms with E-state index >= 15 is 0 Å². The summed E-state index contributed by atoms with van der Waals surface area (Å²) in [6, 6.07) is 12.3. The summed E-state index contributed by atoms with van der Waals surface area (Å²) in [6.45, 7) is 2.98. The lowest BCUT2D eigenvalue weighted by atomic mass is 9.75. The number of aromatic nitrogens is 1. The van der Waals surface area contributed by atoms with Crippen molar-refractivity contribution < 1.29 is 26.3 Å². The second-order valence-electron chi connectivity index (χ2n) is 12.1. The van der Waals surface area contributed by atoms with Gasteiger partial charge in [0, 0.05) is 47.9 Å². The Morgan fingerprint density at radius 1 is 1.07 bits per heavy atom. The Labute approximate surface area is 254 Å². The molecule has 2 saturated heterocycles. The molecule has 1 spiro atoms. The first-order valence-corrected chi connectivity index (χ1v) is 16.7. The molecule has 6 rings (SSSR count). The van der Waals surface area contributed by atoms with E-state index in [9.17, 15) is 21.6 Å². The molecule has 1 aliphatic carbocycles. The van der Waals surface area contributed by atoms with Gasteiger partial charge in [0.05, 0.1) is 46.6 Å². The zero-order chi connectivity index (χ0) is 30.4. The van der Waals surface area contributed by atoms with E-state index in [0.717, 1.165) is 63.9 Å². The summed E-state index contributed by atoms with van der Waals surface area (Å²) in [4.78, 5) is 2.67. The van der Waals surface area contributed by atoms with Crippen LogP contribution in [0.15, 0.2) is 47.4 Å². The van der Waals surface area contributed by atoms with Crippen LogP contribution in [0.25, 0.3) is 10.9 Å². The van der Waals surface area contributed by atoms with Crippen molar-refractivity contribution in [2.45, 2.75) is 55.4 Å². The lowest BCUT2D eigenvalue weighted by Crippen LogP contribution is -2.68. The van der Waals surface area contributed by atoms with Crippen LogP contribution in [0.1, 0.15) is 31.4 Å². The summed E-state index contributed by atoms with van der Waals surface area (Å²) < 4.78 is 70.9. The molecule has 3 aliphatic rings. The monoisotopic (exact) mass is 634 g/mol. The van der Waals surface area contributed by atoms with E-state index < -0.39 is 22.6 Å². The van der Waals surface area contributed by atoms with Crippen molar-refractivity contribution in [2.24, 2.45) is 5.41 Å². The van der Waals surface area contributed by atoms with Gasteiger partial charge >= 0.3 is 6.18 Å². The van der Waals surface area contributed by atoms with E-state index in [-0.39, 0.29) is 28.2 Å². The van der Waals surface area contributed by atoms with E-state index in [1.54, 1.807) is 18.2 Å². The van der Waals surface area contributed by atoms with Crippen LogP contribution < -0.4 is 10.6 Å². The zero-order valence-electron chi connectivity index (χ0n) is 23.8. The highest BCUT2D eigenvalue weighted by atomic mass is 35.5. The molecule has 0 unspecified atom stereocenters. The van der Waals surface area contributed by atoms with Gasteiger partial charge in [0.2, 0.25) is 0 Å². The molecule has 0 bridgehead atoms. The first-order chi connectivity index (χ1) is 20.4. The number of sulfone groups is 1. The van der Waals surface area contributed by atoms with E-state index in [1.165, 1.54) is 22.8 Å². The number of halogens is 4. The Morgan fingerprint density at radius 2 is 1.81 bits per heavy atom. The minimum absolute atomic E-state index is 0.0943. The smallest absolute Gasteiger partial charge is 0.382 e. The standard InChI is InChI=1S/C31H34ClF3N4O3S/c1-43(40,41)24-11-12-28(26(32)15-24)36-13-3-4-23-14-25-27(5-2-6-29(25)39(23)18-31(33,34)35)37-21-7-9-22(10-8-21)38-16-30(17-38)19-42-20-30/h2,5-6,11-12,14-15,21-22,36-37H,7-10,13,16-20H2,1H3/t21-,22-. The largest absolute Gasteiger partial charge is 0.406 e.